The molecule has 3 aliphatic rings. The Bertz CT molecular complexity index is 944. The van der Waals surface area contributed by atoms with Crippen molar-refractivity contribution in [3.63, 3.8) is 0 Å². The van der Waals surface area contributed by atoms with Gasteiger partial charge in [0.05, 0.1) is 11.4 Å². The first-order valence-corrected chi connectivity index (χ1v) is 11.4. The second-order valence-electron chi connectivity index (χ2n) is 8.79. The largest absolute Gasteiger partial charge is 0.353 e. The summed E-state index contributed by atoms with van der Waals surface area (Å²) in [5.41, 5.74) is 9.67. The van der Waals surface area contributed by atoms with E-state index in [-0.39, 0.29) is 17.8 Å². The summed E-state index contributed by atoms with van der Waals surface area (Å²) in [4.78, 5) is 12.1. The van der Waals surface area contributed by atoms with E-state index in [4.69, 9.17) is 0 Å². The summed E-state index contributed by atoms with van der Waals surface area (Å²) in [5, 5.41) is 5.26. The number of carbonyl (C=O) groups is 1. The lowest BCUT2D eigenvalue weighted by atomic mass is 9.78. The average Bonchev–Trinajstić information content (AvgIpc) is 3.34. The van der Waals surface area contributed by atoms with Crippen LogP contribution in [0.3, 0.4) is 0 Å². The van der Waals surface area contributed by atoms with Gasteiger partial charge < -0.3 is 10.7 Å². The maximum Gasteiger partial charge on any atom is 0.224 e. The maximum absolute atomic E-state index is 13.4. The molecule has 0 fully saturated rings. The van der Waals surface area contributed by atoms with E-state index in [2.05, 4.69) is 43.4 Å². The van der Waals surface area contributed by atoms with Crippen molar-refractivity contribution >= 4 is 11.6 Å². The number of allylic oxidation sites excluding steroid dienone is 4. The fourth-order valence-corrected chi connectivity index (χ4v) is 5.32. The predicted molar refractivity (Wildman–Crippen MR) is 123 cm³/mol. The van der Waals surface area contributed by atoms with E-state index in [1.807, 2.05) is 5.01 Å². The Morgan fingerprint density at radius 3 is 2.87 bits per heavy atom. The van der Waals surface area contributed by atoms with Crippen LogP contribution in [0.1, 0.15) is 52.4 Å². The molecule has 1 amide bonds. The zero-order valence-electron chi connectivity index (χ0n) is 18.5. The lowest BCUT2D eigenvalue weighted by molar-refractivity contribution is -0.121. The van der Waals surface area contributed by atoms with Crippen LogP contribution in [0, 0.1) is 17.7 Å². The number of benzene rings is 1. The van der Waals surface area contributed by atoms with Gasteiger partial charge in [0.1, 0.15) is 5.82 Å². The number of hydrogen-bond donors (Lipinski definition) is 2. The van der Waals surface area contributed by atoms with Gasteiger partial charge in [-0.05, 0) is 67.5 Å². The quantitative estimate of drug-likeness (QED) is 0.543. The van der Waals surface area contributed by atoms with Crippen LogP contribution in [-0.4, -0.2) is 11.9 Å². The van der Waals surface area contributed by atoms with E-state index in [0.29, 0.717) is 18.3 Å². The average molecular weight is 422 g/mol. The van der Waals surface area contributed by atoms with Crippen molar-refractivity contribution < 1.29 is 9.18 Å². The first-order valence-electron chi connectivity index (χ1n) is 11.4. The molecule has 31 heavy (non-hydrogen) atoms. The predicted octanol–water partition coefficient (Wildman–Crippen LogP) is 5.53. The molecule has 1 heterocycles. The molecular weight excluding hydrogens is 389 g/mol. The smallest absolute Gasteiger partial charge is 0.224 e. The van der Waals surface area contributed by atoms with Crippen molar-refractivity contribution in [2.75, 3.05) is 5.01 Å². The van der Waals surface area contributed by atoms with Gasteiger partial charge in [0.15, 0.2) is 0 Å². The van der Waals surface area contributed by atoms with Crippen LogP contribution in [0.5, 0.6) is 0 Å². The summed E-state index contributed by atoms with van der Waals surface area (Å²) in [5.74, 6) is 0.653. The molecule has 4 nitrogen and oxygen atoms in total. The highest BCUT2D eigenvalue weighted by Crippen LogP contribution is 2.49. The molecule has 3 atom stereocenters. The molecule has 0 bridgehead atoms. The number of hydrogen-bond acceptors (Lipinski definition) is 3. The maximum atomic E-state index is 13.4. The van der Waals surface area contributed by atoms with Gasteiger partial charge in [0, 0.05) is 30.2 Å². The number of hydrazine groups is 1. The van der Waals surface area contributed by atoms with Crippen LogP contribution in [0.15, 0.2) is 71.6 Å². The van der Waals surface area contributed by atoms with Gasteiger partial charge in [-0.2, -0.15) is 0 Å². The van der Waals surface area contributed by atoms with Crippen LogP contribution >= 0.6 is 0 Å². The third-order valence-corrected chi connectivity index (χ3v) is 6.69. The van der Waals surface area contributed by atoms with E-state index >= 15 is 0 Å². The molecule has 2 N–H and O–H groups in total. The Labute approximate surface area is 184 Å². The second kappa shape index (κ2) is 9.13. The second-order valence-corrected chi connectivity index (χ2v) is 8.79. The Kier molecular flexibility index (Phi) is 6.30. The number of carbonyl (C=O) groups excluding carboxylic acids is 1. The summed E-state index contributed by atoms with van der Waals surface area (Å²) in [6.45, 7) is 8.13. The van der Waals surface area contributed by atoms with E-state index in [0.717, 1.165) is 43.5 Å². The molecule has 0 saturated carbocycles. The highest BCUT2D eigenvalue weighted by atomic mass is 19.1. The van der Waals surface area contributed by atoms with Crippen LogP contribution in [0.25, 0.3) is 0 Å². The van der Waals surface area contributed by atoms with Gasteiger partial charge in [-0.1, -0.05) is 31.9 Å². The van der Waals surface area contributed by atoms with Crippen molar-refractivity contribution in [3.05, 3.63) is 77.4 Å². The van der Waals surface area contributed by atoms with Crippen LogP contribution in [-0.2, 0) is 4.79 Å². The lowest BCUT2D eigenvalue weighted by Gasteiger charge is -2.31. The minimum absolute atomic E-state index is 0.0668. The Hall–Kier alpha value is -2.82. The lowest BCUT2D eigenvalue weighted by Crippen LogP contribution is -2.36. The van der Waals surface area contributed by atoms with Gasteiger partial charge in [-0.15, -0.1) is 6.58 Å². The first-order chi connectivity index (χ1) is 15.0. The van der Waals surface area contributed by atoms with Crippen LogP contribution in [0.2, 0.25) is 0 Å². The molecule has 0 spiro atoms. The minimum Gasteiger partial charge on any atom is -0.353 e. The summed E-state index contributed by atoms with van der Waals surface area (Å²) >= 11 is 0. The van der Waals surface area contributed by atoms with Crippen molar-refractivity contribution in [1.82, 2.24) is 10.7 Å². The number of amides is 1. The fraction of sp³-hybridized carbons (Fsp3) is 0.423. The fourth-order valence-electron chi connectivity index (χ4n) is 5.32. The zero-order chi connectivity index (χ0) is 22.0. The van der Waals surface area contributed by atoms with Gasteiger partial charge in [-0.3, -0.25) is 9.80 Å². The SMILES string of the molecule is C=CCC(=O)NC(CCC)C[C@H]1CCC2=C1[C@@H](C)C1=CNN(c3ccc(F)cc3)C1=C2. The molecule has 1 unspecified atom stereocenters. The molecule has 4 rings (SSSR count). The molecule has 0 aromatic heterocycles. The number of halogens is 1. The zero-order valence-corrected chi connectivity index (χ0v) is 18.5. The van der Waals surface area contributed by atoms with Gasteiger partial charge in [-0.25, -0.2) is 4.39 Å². The molecule has 0 radical (unpaired) electrons. The molecular formula is C26H32FN3O. The summed E-state index contributed by atoms with van der Waals surface area (Å²) in [6, 6.07) is 6.79. The van der Waals surface area contributed by atoms with Crippen LogP contribution in [0.4, 0.5) is 10.1 Å². The van der Waals surface area contributed by atoms with Crippen molar-refractivity contribution in [3.8, 4) is 0 Å². The molecule has 5 heteroatoms. The minimum atomic E-state index is -0.229. The number of nitrogens with one attached hydrogen (secondary N) is 2. The molecule has 1 aliphatic heterocycles. The van der Waals surface area contributed by atoms with E-state index in [9.17, 15) is 9.18 Å². The van der Waals surface area contributed by atoms with Crippen molar-refractivity contribution in [2.24, 2.45) is 11.8 Å². The number of anilines is 1. The molecule has 164 valence electrons. The molecule has 0 saturated heterocycles. The van der Waals surface area contributed by atoms with Crippen molar-refractivity contribution in [1.29, 1.82) is 0 Å². The number of rotatable bonds is 8. The molecule has 1 aromatic carbocycles. The Balaban J connectivity index is 1.54. The van der Waals surface area contributed by atoms with Gasteiger partial charge in [0.2, 0.25) is 5.91 Å². The van der Waals surface area contributed by atoms with Gasteiger partial charge >= 0.3 is 0 Å². The van der Waals surface area contributed by atoms with E-state index < -0.39 is 0 Å². The monoisotopic (exact) mass is 421 g/mol. The third kappa shape index (κ3) is 4.32. The highest BCUT2D eigenvalue weighted by molar-refractivity contribution is 5.77. The Morgan fingerprint density at radius 1 is 1.39 bits per heavy atom. The summed E-state index contributed by atoms with van der Waals surface area (Å²) < 4.78 is 13.4. The first kappa shape index (κ1) is 21.4. The summed E-state index contributed by atoms with van der Waals surface area (Å²) in [7, 11) is 0. The Morgan fingerprint density at radius 2 is 2.16 bits per heavy atom. The van der Waals surface area contributed by atoms with E-state index in [1.54, 1.807) is 18.2 Å². The number of fused-ring (bicyclic) bond motifs is 1. The third-order valence-electron chi connectivity index (χ3n) is 6.69. The molecule has 1 aromatic rings. The number of nitrogens with zero attached hydrogens (tertiary/aromatic N) is 1. The topological polar surface area (TPSA) is 44.4 Å². The summed E-state index contributed by atoms with van der Waals surface area (Å²) in [6.07, 6.45) is 11.7. The standard InChI is InChI=1S/C26H32FN3O/c1-4-6-21(29-25(31)7-5-2)14-18-8-9-19-15-24-23(17(3)26(18)19)16-28-30(24)22-12-10-20(27)11-13-22/h5,10-13,15-18,21,28H,2,4,6-9,14H2,1,3H3,(H,29,31)/t17-,18+,21?/m0/s1. The van der Waals surface area contributed by atoms with Crippen LogP contribution < -0.4 is 15.8 Å². The van der Waals surface area contributed by atoms with E-state index in [1.165, 1.54) is 28.9 Å². The molecule has 2 aliphatic carbocycles. The highest BCUT2D eigenvalue weighted by Gasteiger charge is 2.38. The van der Waals surface area contributed by atoms with Gasteiger partial charge in [0.25, 0.3) is 0 Å². The van der Waals surface area contributed by atoms with Crippen molar-refractivity contribution in [2.45, 2.75) is 58.4 Å². The normalized spacial score (nSPS) is 22.9.